The van der Waals surface area contributed by atoms with Crippen LogP contribution < -0.4 is 4.90 Å². The molecule has 0 amide bonds. The van der Waals surface area contributed by atoms with Crippen LogP contribution in [0.4, 0.5) is 10.1 Å². The van der Waals surface area contributed by atoms with Crippen molar-refractivity contribution >= 4 is 5.69 Å². The average Bonchev–Trinajstić information content (AvgIpc) is 2.75. The molecule has 16 heavy (non-hydrogen) atoms. The van der Waals surface area contributed by atoms with Gasteiger partial charge in [-0.25, -0.2) is 4.39 Å². The molecule has 2 aliphatic heterocycles. The molecule has 0 radical (unpaired) electrons. The maximum atomic E-state index is 13.2. The van der Waals surface area contributed by atoms with E-state index in [-0.39, 0.29) is 5.82 Å². The maximum Gasteiger partial charge on any atom is 0.125 e. The number of rotatable bonds is 1. The minimum atomic E-state index is -0.133. The SMILES string of the molecule is Fc1cccc(N2CCN3CCCC3C2)c1. The number of fused-ring (bicyclic) bond motifs is 1. The summed E-state index contributed by atoms with van der Waals surface area (Å²) in [5, 5.41) is 0. The molecule has 86 valence electrons. The Hall–Kier alpha value is -1.09. The van der Waals surface area contributed by atoms with Gasteiger partial charge in [-0.05, 0) is 37.6 Å². The molecular weight excluding hydrogens is 203 g/mol. The summed E-state index contributed by atoms with van der Waals surface area (Å²) in [4.78, 5) is 4.88. The van der Waals surface area contributed by atoms with E-state index in [2.05, 4.69) is 9.80 Å². The molecule has 1 unspecified atom stereocenters. The Morgan fingerprint density at radius 1 is 1.19 bits per heavy atom. The van der Waals surface area contributed by atoms with Crippen molar-refractivity contribution in [1.29, 1.82) is 0 Å². The maximum absolute atomic E-state index is 13.2. The number of halogens is 1. The molecule has 2 aliphatic rings. The summed E-state index contributed by atoms with van der Waals surface area (Å²) in [6.07, 6.45) is 2.62. The summed E-state index contributed by atoms with van der Waals surface area (Å²) >= 11 is 0. The van der Waals surface area contributed by atoms with E-state index in [1.165, 1.54) is 25.5 Å². The van der Waals surface area contributed by atoms with Gasteiger partial charge >= 0.3 is 0 Å². The molecule has 0 bridgehead atoms. The summed E-state index contributed by atoms with van der Waals surface area (Å²) in [6.45, 7) is 4.46. The van der Waals surface area contributed by atoms with Gasteiger partial charge in [0, 0.05) is 31.4 Å². The highest BCUT2D eigenvalue weighted by atomic mass is 19.1. The van der Waals surface area contributed by atoms with Crippen LogP contribution in [0, 0.1) is 5.82 Å². The molecule has 1 aromatic carbocycles. The van der Waals surface area contributed by atoms with Crippen molar-refractivity contribution in [2.24, 2.45) is 0 Å². The fraction of sp³-hybridized carbons (Fsp3) is 0.538. The van der Waals surface area contributed by atoms with Crippen LogP contribution in [-0.4, -0.2) is 37.1 Å². The highest BCUT2D eigenvalue weighted by Crippen LogP contribution is 2.25. The molecule has 2 nitrogen and oxygen atoms in total. The Kier molecular flexibility index (Phi) is 2.56. The fourth-order valence-corrected chi connectivity index (χ4v) is 2.90. The van der Waals surface area contributed by atoms with Gasteiger partial charge in [0.15, 0.2) is 0 Å². The Morgan fingerprint density at radius 2 is 2.12 bits per heavy atom. The van der Waals surface area contributed by atoms with Crippen LogP contribution in [0.25, 0.3) is 0 Å². The largest absolute Gasteiger partial charge is 0.369 e. The van der Waals surface area contributed by atoms with Crippen molar-refractivity contribution in [3.8, 4) is 0 Å². The van der Waals surface area contributed by atoms with Crippen LogP contribution in [0.2, 0.25) is 0 Å². The van der Waals surface area contributed by atoms with Crippen LogP contribution in [0.15, 0.2) is 24.3 Å². The van der Waals surface area contributed by atoms with Crippen molar-refractivity contribution in [3.05, 3.63) is 30.1 Å². The fourth-order valence-electron chi connectivity index (χ4n) is 2.90. The number of hydrogen-bond acceptors (Lipinski definition) is 2. The van der Waals surface area contributed by atoms with Crippen molar-refractivity contribution < 1.29 is 4.39 Å². The molecule has 1 atom stereocenters. The molecule has 0 N–H and O–H groups in total. The van der Waals surface area contributed by atoms with Crippen LogP contribution >= 0.6 is 0 Å². The molecule has 0 spiro atoms. The van der Waals surface area contributed by atoms with Crippen molar-refractivity contribution in [1.82, 2.24) is 4.90 Å². The normalized spacial score (nSPS) is 25.8. The van der Waals surface area contributed by atoms with E-state index in [9.17, 15) is 4.39 Å². The standard InChI is InChI=1S/C13H17FN2/c14-11-3-1-4-12(9-11)16-8-7-15-6-2-5-13(15)10-16/h1,3-4,9,13H,2,5-8,10H2. The Labute approximate surface area is 95.7 Å². The monoisotopic (exact) mass is 220 g/mol. The summed E-state index contributed by atoms with van der Waals surface area (Å²) in [6, 6.07) is 7.65. The first kappa shape index (κ1) is 10.1. The highest BCUT2D eigenvalue weighted by molar-refractivity contribution is 5.47. The Balaban J connectivity index is 1.76. The van der Waals surface area contributed by atoms with Crippen LogP contribution in [-0.2, 0) is 0 Å². The highest BCUT2D eigenvalue weighted by Gasteiger charge is 2.30. The summed E-state index contributed by atoms with van der Waals surface area (Å²) in [5.41, 5.74) is 1.03. The lowest BCUT2D eigenvalue weighted by Gasteiger charge is -2.38. The van der Waals surface area contributed by atoms with E-state index in [1.807, 2.05) is 6.07 Å². The Morgan fingerprint density at radius 3 is 3.00 bits per heavy atom. The first-order valence-corrected chi connectivity index (χ1v) is 6.07. The molecule has 0 aromatic heterocycles. The predicted molar refractivity (Wildman–Crippen MR) is 63.2 cm³/mol. The molecule has 0 saturated carbocycles. The predicted octanol–water partition coefficient (Wildman–Crippen LogP) is 2.11. The van der Waals surface area contributed by atoms with Gasteiger partial charge in [-0.3, -0.25) is 4.90 Å². The molecule has 1 aromatic rings. The minimum absolute atomic E-state index is 0.133. The van der Waals surface area contributed by atoms with Gasteiger partial charge in [0.05, 0.1) is 0 Å². The zero-order valence-electron chi connectivity index (χ0n) is 9.40. The summed E-state index contributed by atoms with van der Waals surface area (Å²) < 4.78 is 13.2. The lowest BCUT2D eigenvalue weighted by Crippen LogP contribution is -2.50. The van der Waals surface area contributed by atoms with Crippen LogP contribution in [0.5, 0.6) is 0 Å². The van der Waals surface area contributed by atoms with Gasteiger partial charge in [0.2, 0.25) is 0 Å². The zero-order valence-corrected chi connectivity index (χ0v) is 9.40. The first-order chi connectivity index (χ1) is 7.83. The summed E-state index contributed by atoms with van der Waals surface area (Å²) in [7, 11) is 0. The molecular formula is C13H17FN2. The second-order valence-corrected chi connectivity index (χ2v) is 4.76. The number of benzene rings is 1. The van der Waals surface area contributed by atoms with E-state index in [0.717, 1.165) is 25.3 Å². The number of hydrogen-bond donors (Lipinski definition) is 0. The zero-order chi connectivity index (χ0) is 11.0. The average molecular weight is 220 g/mol. The second kappa shape index (κ2) is 4.06. The van der Waals surface area contributed by atoms with E-state index < -0.39 is 0 Å². The van der Waals surface area contributed by atoms with E-state index in [0.29, 0.717) is 6.04 Å². The van der Waals surface area contributed by atoms with Gasteiger partial charge in [-0.1, -0.05) is 6.07 Å². The van der Waals surface area contributed by atoms with E-state index in [1.54, 1.807) is 12.1 Å². The van der Waals surface area contributed by atoms with Gasteiger partial charge in [-0.2, -0.15) is 0 Å². The third-order valence-corrected chi connectivity index (χ3v) is 3.76. The second-order valence-electron chi connectivity index (χ2n) is 4.76. The van der Waals surface area contributed by atoms with Crippen LogP contribution in [0.3, 0.4) is 0 Å². The minimum Gasteiger partial charge on any atom is -0.369 e. The molecule has 2 fully saturated rings. The van der Waals surface area contributed by atoms with Crippen molar-refractivity contribution in [2.75, 3.05) is 31.1 Å². The third kappa shape index (κ3) is 1.80. The lowest BCUT2D eigenvalue weighted by atomic mass is 10.1. The number of anilines is 1. The molecule has 0 aliphatic carbocycles. The summed E-state index contributed by atoms with van der Waals surface area (Å²) in [5.74, 6) is -0.133. The van der Waals surface area contributed by atoms with Crippen molar-refractivity contribution in [2.45, 2.75) is 18.9 Å². The van der Waals surface area contributed by atoms with Crippen molar-refractivity contribution in [3.63, 3.8) is 0 Å². The van der Waals surface area contributed by atoms with Crippen LogP contribution in [0.1, 0.15) is 12.8 Å². The smallest absolute Gasteiger partial charge is 0.125 e. The molecule has 2 heterocycles. The molecule has 3 rings (SSSR count). The quantitative estimate of drug-likeness (QED) is 0.715. The molecule has 2 saturated heterocycles. The Bertz CT molecular complexity index is 380. The number of piperazine rings is 1. The number of nitrogens with zero attached hydrogens (tertiary/aromatic N) is 2. The third-order valence-electron chi connectivity index (χ3n) is 3.76. The van der Waals surface area contributed by atoms with Gasteiger partial charge < -0.3 is 4.90 Å². The topological polar surface area (TPSA) is 6.48 Å². The van der Waals surface area contributed by atoms with Gasteiger partial charge in [-0.15, -0.1) is 0 Å². The van der Waals surface area contributed by atoms with E-state index in [4.69, 9.17) is 0 Å². The van der Waals surface area contributed by atoms with E-state index >= 15 is 0 Å². The van der Waals surface area contributed by atoms with Gasteiger partial charge in [0.25, 0.3) is 0 Å². The molecule has 3 heteroatoms. The van der Waals surface area contributed by atoms with Gasteiger partial charge in [0.1, 0.15) is 5.82 Å². The lowest BCUT2D eigenvalue weighted by molar-refractivity contribution is 0.231. The first-order valence-electron chi connectivity index (χ1n) is 6.07.